The summed E-state index contributed by atoms with van der Waals surface area (Å²) >= 11 is 0. The number of carbonyl (C=O) groups excluding carboxylic acids is 1. The predicted octanol–water partition coefficient (Wildman–Crippen LogP) is 4.29. The van der Waals surface area contributed by atoms with Crippen LogP contribution in [0.4, 0.5) is 10.5 Å². The third-order valence-electron chi connectivity index (χ3n) is 3.17. The number of hydrogen-bond acceptors (Lipinski definition) is 1. The van der Waals surface area contributed by atoms with Crippen molar-refractivity contribution in [3.63, 3.8) is 0 Å². The summed E-state index contributed by atoms with van der Waals surface area (Å²) in [6.45, 7) is 11.3. The Hall–Kier alpha value is -1.51. The van der Waals surface area contributed by atoms with Crippen LogP contribution in [0.1, 0.15) is 51.2 Å². The van der Waals surface area contributed by atoms with Crippen molar-refractivity contribution in [3.8, 4) is 0 Å². The normalized spacial score (nSPS) is 10.9. The van der Waals surface area contributed by atoms with Crippen LogP contribution in [0.15, 0.2) is 18.2 Å². The third kappa shape index (κ3) is 4.93. The van der Waals surface area contributed by atoms with Gasteiger partial charge < -0.3 is 10.6 Å². The number of rotatable bonds is 5. The third-order valence-corrected chi connectivity index (χ3v) is 3.17. The smallest absolute Gasteiger partial charge is 0.319 e. The van der Waals surface area contributed by atoms with Gasteiger partial charge in [0, 0.05) is 12.2 Å². The highest BCUT2D eigenvalue weighted by atomic mass is 16.2. The van der Waals surface area contributed by atoms with Gasteiger partial charge in [-0.3, -0.25) is 0 Å². The topological polar surface area (TPSA) is 41.1 Å². The number of nitrogens with one attached hydrogen (secondary N) is 2. The molecule has 0 saturated heterocycles. The second-order valence-electron chi connectivity index (χ2n) is 5.76. The summed E-state index contributed by atoms with van der Waals surface area (Å²) in [7, 11) is 0. The molecule has 0 aliphatic carbocycles. The Morgan fingerprint density at radius 2 is 1.89 bits per heavy atom. The van der Waals surface area contributed by atoms with Crippen molar-refractivity contribution >= 4 is 11.7 Å². The molecule has 0 aliphatic heterocycles. The predicted molar refractivity (Wildman–Crippen MR) is 81.7 cm³/mol. The molecule has 3 nitrogen and oxygen atoms in total. The molecule has 106 valence electrons. The molecule has 3 heteroatoms. The highest BCUT2D eigenvalue weighted by Gasteiger charge is 2.11. The van der Waals surface area contributed by atoms with E-state index in [4.69, 9.17) is 0 Å². The number of carbonyl (C=O) groups is 1. The molecule has 0 unspecified atom stereocenters. The van der Waals surface area contributed by atoms with Crippen molar-refractivity contribution in [3.05, 3.63) is 29.3 Å². The lowest BCUT2D eigenvalue weighted by Crippen LogP contribution is -2.30. The van der Waals surface area contributed by atoms with Gasteiger partial charge in [0.2, 0.25) is 0 Å². The van der Waals surface area contributed by atoms with E-state index in [-0.39, 0.29) is 6.03 Å². The summed E-state index contributed by atoms with van der Waals surface area (Å²) in [6.07, 6.45) is 0.998. The van der Waals surface area contributed by atoms with Crippen molar-refractivity contribution in [2.45, 2.75) is 47.0 Å². The quantitative estimate of drug-likeness (QED) is 0.816. The van der Waals surface area contributed by atoms with E-state index in [9.17, 15) is 4.79 Å². The van der Waals surface area contributed by atoms with Crippen LogP contribution in [0, 0.1) is 12.8 Å². The fraction of sp³-hybridized carbons (Fsp3) is 0.562. The molecule has 0 aliphatic rings. The first-order valence-corrected chi connectivity index (χ1v) is 7.06. The summed E-state index contributed by atoms with van der Waals surface area (Å²) < 4.78 is 0. The minimum Gasteiger partial charge on any atom is -0.338 e. The second-order valence-corrected chi connectivity index (χ2v) is 5.76. The van der Waals surface area contributed by atoms with E-state index in [0.29, 0.717) is 18.4 Å². The van der Waals surface area contributed by atoms with Crippen molar-refractivity contribution < 1.29 is 4.79 Å². The van der Waals surface area contributed by atoms with Gasteiger partial charge in [0.25, 0.3) is 0 Å². The van der Waals surface area contributed by atoms with Gasteiger partial charge in [-0.2, -0.15) is 0 Å². The first kappa shape index (κ1) is 15.5. The van der Waals surface area contributed by atoms with Crippen molar-refractivity contribution in [1.29, 1.82) is 0 Å². The van der Waals surface area contributed by atoms with Gasteiger partial charge in [-0.15, -0.1) is 0 Å². The van der Waals surface area contributed by atoms with E-state index in [2.05, 4.69) is 44.4 Å². The fourth-order valence-electron chi connectivity index (χ4n) is 1.97. The lowest BCUT2D eigenvalue weighted by atomic mass is 9.98. The van der Waals surface area contributed by atoms with Crippen LogP contribution < -0.4 is 10.6 Å². The number of amides is 2. The first-order valence-electron chi connectivity index (χ1n) is 7.06. The average Bonchev–Trinajstić information content (AvgIpc) is 2.30. The van der Waals surface area contributed by atoms with E-state index in [1.165, 1.54) is 5.56 Å². The van der Waals surface area contributed by atoms with Gasteiger partial charge in [0.05, 0.1) is 0 Å². The van der Waals surface area contributed by atoms with Crippen LogP contribution in [-0.2, 0) is 0 Å². The van der Waals surface area contributed by atoms with Gasteiger partial charge in [-0.1, -0.05) is 45.9 Å². The van der Waals surface area contributed by atoms with Crippen molar-refractivity contribution in [2.75, 3.05) is 11.9 Å². The van der Waals surface area contributed by atoms with Crippen LogP contribution >= 0.6 is 0 Å². The molecule has 1 rings (SSSR count). The lowest BCUT2D eigenvalue weighted by molar-refractivity contribution is 0.251. The summed E-state index contributed by atoms with van der Waals surface area (Å²) in [4.78, 5) is 11.9. The van der Waals surface area contributed by atoms with E-state index in [0.717, 1.165) is 17.7 Å². The van der Waals surface area contributed by atoms with Gasteiger partial charge >= 0.3 is 6.03 Å². The zero-order valence-corrected chi connectivity index (χ0v) is 12.7. The monoisotopic (exact) mass is 262 g/mol. The minimum absolute atomic E-state index is 0.114. The number of urea groups is 1. The molecule has 0 saturated carbocycles. The van der Waals surface area contributed by atoms with Crippen LogP contribution in [-0.4, -0.2) is 12.6 Å². The maximum absolute atomic E-state index is 11.9. The van der Waals surface area contributed by atoms with Gasteiger partial charge in [0.1, 0.15) is 0 Å². The molecule has 0 aromatic heterocycles. The highest BCUT2D eigenvalue weighted by Crippen LogP contribution is 2.27. The Labute approximate surface area is 116 Å². The molecule has 0 bridgehead atoms. The number of aryl methyl sites for hydroxylation is 1. The summed E-state index contributed by atoms with van der Waals surface area (Å²) in [5, 5.41) is 5.89. The average molecular weight is 262 g/mol. The fourth-order valence-corrected chi connectivity index (χ4v) is 1.97. The molecule has 1 aromatic rings. The molecule has 0 fully saturated rings. The Morgan fingerprint density at radius 1 is 1.21 bits per heavy atom. The van der Waals surface area contributed by atoms with Gasteiger partial charge in [-0.05, 0) is 36.3 Å². The summed E-state index contributed by atoms with van der Waals surface area (Å²) in [6, 6.07) is 6.01. The standard InChI is InChI=1S/C16H26N2O/c1-11(2)9-10-17-16(19)18-15-13(5)7-6-8-14(15)12(3)4/h6-8,11-12H,9-10H2,1-5H3,(H2,17,18,19). The maximum Gasteiger partial charge on any atom is 0.319 e. The summed E-state index contributed by atoms with van der Waals surface area (Å²) in [5.74, 6) is 0.996. The number of benzene rings is 1. The van der Waals surface area contributed by atoms with E-state index >= 15 is 0 Å². The molecule has 19 heavy (non-hydrogen) atoms. The molecule has 0 atom stereocenters. The molecular formula is C16H26N2O. The lowest BCUT2D eigenvalue weighted by Gasteiger charge is -2.17. The van der Waals surface area contributed by atoms with Crippen molar-refractivity contribution in [1.82, 2.24) is 5.32 Å². The molecule has 0 spiro atoms. The molecule has 1 aromatic carbocycles. The molecular weight excluding hydrogens is 236 g/mol. The Kier molecular flexibility index (Phi) is 5.87. The maximum atomic E-state index is 11.9. The van der Waals surface area contributed by atoms with Crippen LogP contribution in [0.3, 0.4) is 0 Å². The van der Waals surface area contributed by atoms with Gasteiger partial charge in [-0.25, -0.2) is 4.79 Å². The molecule has 0 heterocycles. The highest BCUT2D eigenvalue weighted by molar-refractivity contribution is 5.91. The number of hydrogen-bond donors (Lipinski definition) is 2. The van der Waals surface area contributed by atoms with Crippen LogP contribution in [0.2, 0.25) is 0 Å². The zero-order valence-electron chi connectivity index (χ0n) is 12.7. The van der Waals surface area contributed by atoms with Crippen LogP contribution in [0.25, 0.3) is 0 Å². The van der Waals surface area contributed by atoms with Gasteiger partial charge in [0.15, 0.2) is 0 Å². The van der Waals surface area contributed by atoms with E-state index in [1.807, 2.05) is 19.1 Å². The SMILES string of the molecule is Cc1cccc(C(C)C)c1NC(=O)NCCC(C)C. The molecule has 2 amide bonds. The Balaban J connectivity index is 2.68. The Morgan fingerprint density at radius 3 is 2.47 bits per heavy atom. The Bertz CT molecular complexity index is 425. The second kappa shape index (κ2) is 7.17. The van der Waals surface area contributed by atoms with Crippen molar-refractivity contribution in [2.24, 2.45) is 5.92 Å². The van der Waals surface area contributed by atoms with E-state index < -0.39 is 0 Å². The largest absolute Gasteiger partial charge is 0.338 e. The first-order chi connectivity index (χ1) is 8.91. The molecule has 0 radical (unpaired) electrons. The minimum atomic E-state index is -0.114. The number of anilines is 1. The van der Waals surface area contributed by atoms with Crippen LogP contribution in [0.5, 0.6) is 0 Å². The summed E-state index contributed by atoms with van der Waals surface area (Å²) in [5.41, 5.74) is 3.23. The number of para-hydroxylation sites is 1. The zero-order chi connectivity index (χ0) is 14.4. The molecule has 2 N–H and O–H groups in total. The van der Waals surface area contributed by atoms with E-state index in [1.54, 1.807) is 0 Å².